The summed E-state index contributed by atoms with van der Waals surface area (Å²) in [6.45, 7) is 7.93. The highest BCUT2D eigenvalue weighted by Gasteiger charge is 2.71. The van der Waals surface area contributed by atoms with Crippen molar-refractivity contribution in [2.75, 3.05) is 26.2 Å². The van der Waals surface area contributed by atoms with Gasteiger partial charge in [0, 0.05) is 13.1 Å². The van der Waals surface area contributed by atoms with Crippen molar-refractivity contribution in [1.29, 1.82) is 0 Å². The lowest BCUT2D eigenvalue weighted by molar-refractivity contribution is -0.119. The Balaban J connectivity index is 1.38. The molecular weight excluding hydrogens is 426 g/mol. The molecule has 3 fully saturated rings. The third-order valence-electron chi connectivity index (χ3n) is 7.13. The lowest BCUT2D eigenvalue weighted by Gasteiger charge is -2.40. The molecule has 5 N–H and O–H groups in total. The molecule has 0 radical (unpaired) electrons. The first-order valence-corrected chi connectivity index (χ1v) is 12.3. The smallest absolute Gasteiger partial charge is 0.407 e. The number of unbranched alkanes of at least 4 members (excludes halogenated alkanes) is 3. The molecule has 1 saturated carbocycles. The Morgan fingerprint density at radius 2 is 1.85 bits per heavy atom. The molecule has 2 saturated heterocycles. The molecule has 1 aliphatic carbocycles. The first-order chi connectivity index (χ1) is 15.7. The van der Waals surface area contributed by atoms with Crippen molar-refractivity contribution in [3.63, 3.8) is 0 Å². The molecule has 3 rings (SSSR count). The molecule has 2 aliphatic heterocycles. The number of rotatable bonds is 12. The number of aliphatic hydroxyl groups is 1. The van der Waals surface area contributed by atoms with E-state index in [1.165, 1.54) is 5.57 Å². The summed E-state index contributed by atoms with van der Waals surface area (Å²) in [5, 5.41) is 16.7. The largest absolute Gasteiger partial charge is 0.443 e. The molecular formula is C24H41N3O6. The van der Waals surface area contributed by atoms with Gasteiger partial charge in [-0.15, -0.1) is 0 Å². The summed E-state index contributed by atoms with van der Waals surface area (Å²) in [4.78, 5) is 23.4. The minimum Gasteiger partial charge on any atom is -0.443 e. The first kappa shape index (κ1) is 25.9. The van der Waals surface area contributed by atoms with E-state index in [0.717, 1.165) is 38.5 Å². The van der Waals surface area contributed by atoms with Crippen molar-refractivity contribution in [2.45, 2.75) is 95.2 Å². The molecule has 0 aromatic rings. The number of carbonyl (C=O) groups excluding carboxylic acids is 2. The first-order valence-electron chi connectivity index (χ1n) is 12.3. The van der Waals surface area contributed by atoms with Crippen LogP contribution in [0.2, 0.25) is 0 Å². The highest BCUT2D eigenvalue weighted by molar-refractivity contribution is 5.77. The van der Waals surface area contributed by atoms with Crippen LogP contribution >= 0.6 is 0 Å². The zero-order chi connectivity index (χ0) is 24.1. The summed E-state index contributed by atoms with van der Waals surface area (Å²) >= 11 is 0. The molecule has 1 spiro atoms. The fourth-order valence-corrected chi connectivity index (χ4v) is 5.09. The number of nitrogens with two attached hydrogens (primary N) is 1. The average Bonchev–Trinajstić information content (AvgIpc) is 3.68. The molecule has 4 unspecified atom stereocenters. The highest BCUT2D eigenvalue weighted by atomic mass is 16.6. The number of hydrogen-bond acceptors (Lipinski definition) is 7. The predicted molar refractivity (Wildman–Crippen MR) is 124 cm³/mol. The Kier molecular flexibility index (Phi) is 8.77. The summed E-state index contributed by atoms with van der Waals surface area (Å²) in [7, 11) is 0. The van der Waals surface area contributed by atoms with Gasteiger partial charge in [0.05, 0.1) is 31.3 Å². The molecule has 2 amide bonds. The van der Waals surface area contributed by atoms with Gasteiger partial charge in [0.2, 0.25) is 5.91 Å². The van der Waals surface area contributed by atoms with E-state index < -0.39 is 23.9 Å². The Hall–Kier alpha value is -1.68. The van der Waals surface area contributed by atoms with Gasteiger partial charge < -0.3 is 35.7 Å². The third-order valence-corrected chi connectivity index (χ3v) is 7.13. The summed E-state index contributed by atoms with van der Waals surface area (Å²) in [6, 6.07) is 0. The van der Waals surface area contributed by atoms with Gasteiger partial charge in [-0.05, 0) is 52.9 Å². The minimum atomic E-state index is -0.822. The Morgan fingerprint density at radius 3 is 2.45 bits per heavy atom. The van der Waals surface area contributed by atoms with Crippen LogP contribution in [0.25, 0.3) is 0 Å². The summed E-state index contributed by atoms with van der Waals surface area (Å²) in [5.41, 5.74) is 5.66. The molecule has 6 atom stereocenters. The standard InChI is InChI=1S/C24H41N3O6/c1-16(2)8-9-18-23(3,33-18)21-20(29)17(10-11-24(21)15-31-24)32-22(30)27-13-7-5-4-6-12-26-19(28)14-25/h8,17-18,20-21,29H,4-7,9-15,25H2,1-3H3,(H,26,28)(H,27,30)/t17?,18-,20?,21?,23?,24+/m1/s1. The maximum absolute atomic E-state index is 12.3. The molecule has 0 bridgehead atoms. The average molecular weight is 468 g/mol. The van der Waals surface area contributed by atoms with Gasteiger partial charge in [-0.25, -0.2) is 4.79 Å². The Bertz CT molecular complexity index is 721. The van der Waals surface area contributed by atoms with Gasteiger partial charge >= 0.3 is 6.09 Å². The molecule has 9 heteroatoms. The van der Waals surface area contributed by atoms with E-state index in [0.29, 0.717) is 26.1 Å². The van der Waals surface area contributed by atoms with Crippen LogP contribution in [0.3, 0.4) is 0 Å². The number of alkyl carbamates (subject to hydrolysis) is 1. The number of hydrogen-bond donors (Lipinski definition) is 4. The number of allylic oxidation sites excluding steroid dienone is 1. The van der Waals surface area contributed by atoms with Crippen LogP contribution in [-0.4, -0.2) is 72.9 Å². The van der Waals surface area contributed by atoms with Crippen molar-refractivity contribution in [3.8, 4) is 0 Å². The van der Waals surface area contributed by atoms with Gasteiger partial charge in [0.15, 0.2) is 0 Å². The Morgan fingerprint density at radius 1 is 1.18 bits per heavy atom. The predicted octanol–water partition coefficient (Wildman–Crippen LogP) is 1.77. The molecule has 0 aromatic carbocycles. The van der Waals surface area contributed by atoms with Gasteiger partial charge in [0.25, 0.3) is 0 Å². The zero-order valence-electron chi connectivity index (χ0n) is 20.2. The van der Waals surface area contributed by atoms with Crippen LogP contribution < -0.4 is 16.4 Å². The summed E-state index contributed by atoms with van der Waals surface area (Å²) in [5.74, 6) is -0.358. The quantitative estimate of drug-likeness (QED) is 0.195. The maximum atomic E-state index is 12.3. The fraction of sp³-hybridized carbons (Fsp3) is 0.833. The second-order valence-corrected chi connectivity index (χ2v) is 10.0. The second-order valence-electron chi connectivity index (χ2n) is 10.0. The van der Waals surface area contributed by atoms with Gasteiger partial charge in [-0.3, -0.25) is 4.79 Å². The molecule has 0 aromatic heterocycles. The van der Waals surface area contributed by atoms with Crippen LogP contribution in [0.5, 0.6) is 0 Å². The number of aliphatic hydroxyl groups excluding tert-OH is 1. The minimum absolute atomic E-state index is 0.0131. The van der Waals surface area contributed by atoms with Crippen LogP contribution in [-0.2, 0) is 19.0 Å². The highest BCUT2D eigenvalue weighted by Crippen LogP contribution is 2.59. The lowest BCUT2D eigenvalue weighted by Crippen LogP contribution is -2.55. The van der Waals surface area contributed by atoms with Crippen molar-refractivity contribution >= 4 is 12.0 Å². The van der Waals surface area contributed by atoms with Crippen LogP contribution in [0.15, 0.2) is 11.6 Å². The van der Waals surface area contributed by atoms with Crippen molar-refractivity contribution in [3.05, 3.63) is 11.6 Å². The van der Waals surface area contributed by atoms with E-state index in [9.17, 15) is 14.7 Å². The van der Waals surface area contributed by atoms with Crippen LogP contribution in [0, 0.1) is 5.92 Å². The normalized spacial score (nSPS) is 34.5. The fourth-order valence-electron chi connectivity index (χ4n) is 5.09. The van der Waals surface area contributed by atoms with E-state index in [4.69, 9.17) is 19.9 Å². The molecule has 3 aliphatic rings. The van der Waals surface area contributed by atoms with E-state index in [2.05, 4.69) is 30.6 Å². The zero-order valence-corrected chi connectivity index (χ0v) is 20.2. The number of carbonyl (C=O) groups is 2. The second kappa shape index (κ2) is 11.2. The summed E-state index contributed by atoms with van der Waals surface area (Å²) in [6.07, 6.45) is 6.05. The van der Waals surface area contributed by atoms with Crippen molar-refractivity contribution in [2.24, 2.45) is 11.7 Å². The monoisotopic (exact) mass is 467 g/mol. The number of amides is 2. The molecule has 188 valence electrons. The number of nitrogens with one attached hydrogen (secondary N) is 2. The van der Waals surface area contributed by atoms with E-state index in [1.807, 2.05) is 6.92 Å². The van der Waals surface area contributed by atoms with Crippen molar-refractivity contribution in [1.82, 2.24) is 10.6 Å². The molecule has 9 nitrogen and oxygen atoms in total. The van der Waals surface area contributed by atoms with Gasteiger partial charge in [-0.1, -0.05) is 24.5 Å². The maximum Gasteiger partial charge on any atom is 0.407 e. The molecule has 2 heterocycles. The van der Waals surface area contributed by atoms with Crippen LogP contribution in [0.1, 0.15) is 65.7 Å². The van der Waals surface area contributed by atoms with E-state index in [-0.39, 0.29) is 30.1 Å². The lowest BCUT2D eigenvalue weighted by atomic mass is 9.68. The Labute approximate surface area is 196 Å². The van der Waals surface area contributed by atoms with Crippen LogP contribution in [0.4, 0.5) is 4.79 Å². The number of ether oxygens (including phenoxy) is 3. The number of epoxide rings is 2. The van der Waals surface area contributed by atoms with Gasteiger partial charge in [-0.2, -0.15) is 0 Å². The third kappa shape index (κ3) is 6.68. The topological polar surface area (TPSA) is 139 Å². The van der Waals surface area contributed by atoms with E-state index >= 15 is 0 Å². The SMILES string of the molecule is CC(C)=CC[C@H]1OC1(C)C1C(O)C(OC(=O)NCCCCCCNC(=O)CN)CC[C@]12CO2. The molecule has 33 heavy (non-hydrogen) atoms. The van der Waals surface area contributed by atoms with Crippen molar-refractivity contribution < 1.29 is 28.9 Å². The van der Waals surface area contributed by atoms with Gasteiger partial charge in [0.1, 0.15) is 17.3 Å². The van der Waals surface area contributed by atoms with E-state index in [1.54, 1.807) is 0 Å². The summed E-state index contributed by atoms with van der Waals surface area (Å²) < 4.78 is 17.5.